The maximum absolute atomic E-state index is 12.3. The Morgan fingerprint density at radius 1 is 1.29 bits per heavy atom. The molecule has 0 bridgehead atoms. The Kier molecular flexibility index (Phi) is 9.14. The summed E-state index contributed by atoms with van der Waals surface area (Å²) in [5.74, 6) is -0.221. The number of hydrogen-bond donors (Lipinski definition) is 1. The molecule has 0 saturated heterocycles. The highest BCUT2D eigenvalue weighted by atomic mass is 19.4. The van der Waals surface area contributed by atoms with Crippen LogP contribution in [0.2, 0.25) is 0 Å². The summed E-state index contributed by atoms with van der Waals surface area (Å²) in [6.45, 7) is 9.09. The Balaban J connectivity index is 2.59. The number of allylic oxidation sites excluding steroid dienone is 4. The molecule has 1 N–H and O–H groups in total. The summed E-state index contributed by atoms with van der Waals surface area (Å²) in [4.78, 5) is 12.0. The van der Waals surface area contributed by atoms with Gasteiger partial charge in [0.25, 0.3) is 0 Å². The fourth-order valence-electron chi connectivity index (χ4n) is 1.93. The molecule has 0 aliphatic rings. The van der Waals surface area contributed by atoms with Crippen LogP contribution in [-0.2, 0) is 4.74 Å². The number of rotatable bonds is 9. The van der Waals surface area contributed by atoms with E-state index in [0.717, 1.165) is 11.6 Å². The normalized spacial score (nSPS) is 13.1. The molecule has 1 atom stereocenters. The monoisotopic (exact) mass is 399 g/mol. The molecular weight excluding hydrogens is 375 g/mol. The SMILES string of the molecule is C=C(C)/C=C\C(=CC)NC(=O)OC(CC)COc1cccc(OC(F)(F)F)c1. The number of benzene rings is 1. The van der Waals surface area contributed by atoms with Gasteiger partial charge in [-0.3, -0.25) is 5.32 Å². The summed E-state index contributed by atoms with van der Waals surface area (Å²) in [6.07, 6.45) is -0.448. The van der Waals surface area contributed by atoms with Crippen molar-refractivity contribution in [1.29, 1.82) is 0 Å². The lowest BCUT2D eigenvalue weighted by atomic mass is 10.3. The van der Waals surface area contributed by atoms with Gasteiger partial charge in [0.1, 0.15) is 24.2 Å². The predicted octanol–water partition coefficient (Wildman–Crippen LogP) is 5.50. The van der Waals surface area contributed by atoms with E-state index >= 15 is 0 Å². The topological polar surface area (TPSA) is 56.8 Å². The van der Waals surface area contributed by atoms with Crippen LogP contribution >= 0.6 is 0 Å². The van der Waals surface area contributed by atoms with Crippen molar-refractivity contribution in [2.24, 2.45) is 0 Å². The lowest BCUT2D eigenvalue weighted by Gasteiger charge is -2.18. The highest BCUT2D eigenvalue weighted by Crippen LogP contribution is 2.26. The maximum Gasteiger partial charge on any atom is 0.573 e. The maximum atomic E-state index is 12.3. The van der Waals surface area contributed by atoms with E-state index in [1.165, 1.54) is 18.2 Å². The lowest BCUT2D eigenvalue weighted by molar-refractivity contribution is -0.274. The van der Waals surface area contributed by atoms with Gasteiger partial charge in [-0.2, -0.15) is 0 Å². The highest BCUT2D eigenvalue weighted by Gasteiger charge is 2.31. The van der Waals surface area contributed by atoms with E-state index in [1.807, 2.05) is 6.92 Å². The van der Waals surface area contributed by atoms with Crippen molar-refractivity contribution in [3.63, 3.8) is 0 Å². The van der Waals surface area contributed by atoms with E-state index < -0.39 is 24.3 Å². The second-order valence-corrected chi connectivity index (χ2v) is 5.82. The van der Waals surface area contributed by atoms with Crippen molar-refractivity contribution < 1.29 is 32.2 Å². The van der Waals surface area contributed by atoms with Gasteiger partial charge < -0.3 is 14.2 Å². The van der Waals surface area contributed by atoms with Crippen LogP contribution < -0.4 is 14.8 Å². The van der Waals surface area contributed by atoms with Gasteiger partial charge in [0.05, 0.1) is 0 Å². The van der Waals surface area contributed by atoms with Gasteiger partial charge in [-0.1, -0.05) is 37.3 Å². The molecule has 0 aliphatic heterocycles. The first kappa shape index (κ1) is 23.1. The zero-order valence-corrected chi connectivity index (χ0v) is 16.0. The molecule has 0 heterocycles. The molecule has 0 radical (unpaired) electrons. The highest BCUT2D eigenvalue weighted by molar-refractivity contribution is 5.70. The molecule has 1 amide bonds. The third kappa shape index (κ3) is 9.70. The Bertz CT molecular complexity index is 726. The first-order valence-corrected chi connectivity index (χ1v) is 8.59. The number of alkyl halides is 3. The van der Waals surface area contributed by atoms with Crippen molar-refractivity contribution in [1.82, 2.24) is 5.32 Å². The summed E-state index contributed by atoms with van der Waals surface area (Å²) in [5.41, 5.74) is 1.37. The average molecular weight is 399 g/mol. The zero-order chi connectivity index (χ0) is 21.2. The molecule has 1 aromatic rings. The Morgan fingerprint density at radius 2 is 1.96 bits per heavy atom. The van der Waals surface area contributed by atoms with E-state index in [9.17, 15) is 18.0 Å². The zero-order valence-electron chi connectivity index (χ0n) is 16.0. The van der Waals surface area contributed by atoms with E-state index in [-0.39, 0.29) is 12.4 Å². The van der Waals surface area contributed by atoms with Gasteiger partial charge in [0.2, 0.25) is 0 Å². The Morgan fingerprint density at radius 3 is 2.54 bits per heavy atom. The van der Waals surface area contributed by atoms with Crippen LogP contribution in [0.15, 0.2) is 60.3 Å². The van der Waals surface area contributed by atoms with Crippen LogP contribution in [-0.4, -0.2) is 25.2 Å². The largest absolute Gasteiger partial charge is 0.573 e. The van der Waals surface area contributed by atoms with Crippen LogP contribution in [0.1, 0.15) is 27.2 Å². The fraction of sp³-hybridized carbons (Fsp3) is 0.350. The molecule has 0 spiro atoms. The molecule has 154 valence electrons. The van der Waals surface area contributed by atoms with Gasteiger partial charge in [0.15, 0.2) is 0 Å². The molecule has 0 aliphatic carbocycles. The van der Waals surface area contributed by atoms with E-state index in [0.29, 0.717) is 12.1 Å². The summed E-state index contributed by atoms with van der Waals surface area (Å²) in [7, 11) is 0. The van der Waals surface area contributed by atoms with Crippen molar-refractivity contribution in [3.05, 3.63) is 60.3 Å². The van der Waals surface area contributed by atoms with Crippen LogP contribution in [0.4, 0.5) is 18.0 Å². The van der Waals surface area contributed by atoms with Crippen LogP contribution in [0.25, 0.3) is 0 Å². The van der Waals surface area contributed by atoms with Gasteiger partial charge in [-0.15, -0.1) is 13.2 Å². The number of hydrogen-bond acceptors (Lipinski definition) is 4. The van der Waals surface area contributed by atoms with E-state index in [4.69, 9.17) is 9.47 Å². The summed E-state index contributed by atoms with van der Waals surface area (Å²) < 4.78 is 51.4. The van der Waals surface area contributed by atoms with E-state index in [1.54, 1.807) is 32.1 Å². The van der Waals surface area contributed by atoms with Crippen molar-refractivity contribution in [2.75, 3.05) is 6.61 Å². The number of nitrogens with one attached hydrogen (secondary N) is 1. The summed E-state index contributed by atoms with van der Waals surface area (Å²) in [5, 5.41) is 2.59. The molecule has 1 unspecified atom stereocenters. The number of carbonyl (C=O) groups is 1. The molecule has 5 nitrogen and oxygen atoms in total. The summed E-state index contributed by atoms with van der Waals surface area (Å²) in [6, 6.07) is 5.13. The predicted molar refractivity (Wildman–Crippen MR) is 100 cm³/mol. The smallest absolute Gasteiger partial charge is 0.490 e. The van der Waals surface area contributed by atoms with Crippen molar-refractivity contribution in [2.45, 2.75) is 39.7 Å². The Labute approximate surface area is 162 Å². The molecule has 8 heteroatoms. The number of alkyl carbamates (subject to hydrolysis) is 1. The number of carbonyl (C=O) groups excluding carboxylic acids is 1. The van der Waals surface area contributed by atoms with Gasteiger partial charge in [-0.05, 0) is 38.5 Å². The molecule has 1 rings (SSSR count). The van der Waals surface area contributed by atoms with Gasteiger partial charge in [-0.25, -0.2) is 4.79 Å². The molecule has 0 aromatic heterocycles. The van der Waals surface area contributed by atoms with Crippen LogP contribution in [0.3, 0.4) is 0 Å². The molecular formula is C20H24F3NO4. The molecule has 1 aromatic carbocycles. The van der Waals surface area contributed by atoms with Crippen molar-refractivity contribution in [3.8, 4) is 11.5 Å². The quantitative estimate of drug-likeness (QED) is 0.557. The molecule has 0 saturated carbocycles. The van der Waals surface area contributed by atoms with Crippen molar-refractivity contribution >= 4 is 6.09 Å². The van der Waals surface area contributed by atoms with Gasteiger partial charge >= 0.3 is 12.5 Å². The Hall–Kier alpha value is -2.90. The lowest BCUT2D eigenvalue weighted by Crippen LogP contribution is -2.31. The number of halogens is 3. The molecule has 0 fully saturated rings. The third-order valence-corrected chi connectivity index (χ3v) is 3.31. The first-order chi connectivity index (χ1) is 13.1. The number of ether oxygens (including phenoxy) is 3. The minimum atomic E-state index is -4.78. The second-order valence-electron chi connectivity index (χ2n) is 5.82. The molecule has 28 heavy (non-hydrogen) atoms. The first-order valence-electron chi connectivity index (χ1n) is 8.59. The average Bonchev–Trinajstić information content (AvgIpc) is 2.60. The minimum Gasteiger partial charge on any atom is -0.490 e. The van der Waals surface area contributed by atoms with Crippen LogP contribution in [0.5, 0.6) is 11.5 Å². The fourth-order valence-corrected chi connectivity index (χ4v) is 1.93. The van der Waals surface area contributed by atoms with E-state index in [2.05, 4.69) is 16.6 Å². The second kappa shape index (κ2) is 11.1. The van der Waals surface area contributed by atoms with Crippen LogP contribution in [0, 0.1) is 0 Å². The summed E-state index contributed by atoms with van der Waals surface area (Å²) >= 11 is 0. The standard InChI is InChI=1S/C20H24F3NO4/c1-5-15(11-10-14(3)4)24-19(25)27-16(6-2)13-26-17-8-7-9-18(12-17)28-20(21,22)23/h5,7-12,16H,3,6,13H2,1-2,4H3,(H,24,25)/b11-10-,15-5?. The third-order valence-electron chi connectivity index (χ3n) is 3.31. The number of amides is 1. The van der Waals surface area contributed by atoms with Gasteiger partial charge in [0, 0.05) is 11.8 Å². The minimum absolute atomic E-state index is 0.0217.